The van der Waals surface area contributed by atoms with Gasteiger partial charge >= 0.3 is 0 Å². The minimum Gasteiger partial charge on any atom is -0.496 e. The number of benzene rings is 1. The highest BCUT2D eigenvalue weighted by Crippen LogP contribution is 2.27. The molecule has 0 atom stereocenters. The van der Waals surface area contributed by atoms with Crippen LogP contribution in [-0.2, 0) is 0 Å². The number of nitrogens with one attached hydrogen (secondary N) is 1. The summed E-state index contributed by atoms with van der Waals surface area (Å²) in [7, 11) is 1.58. The topological polar surface area (TPSA) is 38.3 Å². The van der Waals surface area contributed by atoms with E-state index in [1.165, 1.54) is 19.3 Å². The van der Waals surface area contributed by atoms with Crippen molar-refractivity contribution in [3.63, 3.8) is 0 Å². The van der Waals surface area contributed by atoms with Crippen LogP contribution < -0.4 is 10.1 Å². The molecule has 0 aliphatic heterocycles. The highest BCUT2D eigenvalue weighted by atomic mass is 79.9. The predicted molar refractivity (Wildman–Crippen MR) is 75.0 cm³/mol. The monoisotopic (exact) mass is 311 g/mol. The van der Waals surface area contributed by atoms with Gasteiger partial charge in [0.05, 0.1) is 12.7 Å². The van der Waals surface area contributed by atoms with Crippen LogP contribution in [0.1, 0.15) is 42.5 Å². The quantitative estimate of drug-likeness (QED) is 0.927. The number of amides is 1. The number of methoxy groups -OCH3 is 1. The second-order valence-corrected chi connectivity index (χ2v) is 5.48. The molecule has 0 aromatic heterocycles. The Morgan fingerprint density at radius 3 is 2.72 bits per heavy atom. The van der Waals surface area contributed by atoms with E-state index in [1.54, 1.807) is 13.2 Å². The number of ether oxygens (including phenoxy) is 1. The van der Waals surface area contributed by atoms with Gasteiger partial charge in [0.2, 0.25) is 0 Å². The smallest absolute Gasteiger partial charge is 0.256 e. The van der Waals surface area contributed by atoms with Gasteiger partial charge in [-0.25, -0.2) is 0 Å². The number of carbonyl (C=O) groups excluding carboxylic acids is 1. The average molecular weight is 312 g/mol. The Bertz CT molecular complexity index is 428. The Kier molecular flexibility index (Phi) is 4.64. The van der Waals surface area contributed by atoms with Crippen LogP contribution in [0.5, 0.6) is 5.75 Å². The van der Waals surface area contributed by atoms with Gasteiger partial charge in [-0.15, -0.1) is 0 Å². The third kappa shape index (κ3) is 3.05. The summed E-state index contributed by atoms with van der Waals surface area (Å²) in [6.45, 7) is 0. The van der Waals surface area contributed by atoms with Gasteiger partial charge in [-0.1, -0.05) is 25.3 Å². The van der Waals surface area contributed by atoms with Gasteiger partial charge in [0, 0.05) is 10.5 Å². The van der Waals surface area contributed by atoms with Gasteiger partial charge < -0.3 is 10.1 Å². The molecular formula is C14H18BrNO2. The first-order valence-electron chi connectivity index (χ1n) is 6.35. The molecule has 1 aromatic carbocycles. The molecule has 3 nitrogen and oxygen atoms in total. The zero-order chi connectivity index (χ0) is 13.0. The SMILES string of the molecule is COc1cccc(Br)c1C(=O)NC1CCCCC1. The molecule has 98 valence electrons. The number of halogens is 1. The zero-order valence-electron chi connectivity index (χ0n) is 10.5. The van der Waals surface area contributed by atoms with Crippen molar-refractivity contribution in [3.05, 3.63) is 28.2 Å². The second-order valence-electron chi connectivity index (χ2n) is 4.63. The van der Waals surface area contributed by atoms with E-state index in [1.807, 2.05) is 12.1 Å². The van der Waals surface area contributed by atoms with E-state index < -0.39 is 0 Å². The summed E-state index contributed by atoms with van der Waals surface area (Å²) in [6.07, 6.45) is 5.86. The van der Waals surface area contributed by atoms with Crippen LogP contribution >= 0.6 is 15.9 Å². The summed E-state index contributed by atoms with van der Waals surface area (Å²) in [5.41, 5.74) is 0.588. The van der Waals surface area contributed by atoms with Gasteiger partial charge in [-0.3, -0.25) is 4.79 Å². The van der Waals surface area contributed by atoms with E-state index in [-0.39, 0.29) is 5.91 Å². The molecule has 0 bridgehead atoms. The molecule has 0 saturated heterocycles. The van der Waals surface area contributed by atoms with E-state index in [9.17, 15) is 4.79 Å². The standard InChI is InChI=1S/C14H18BrNO2/c1-18-12-9-5-8-11(15)13(12)14(17)16-10-6-3-2-4-7-10/h5,8-10H,2-4,6-7H2,1H3,(H,16,17). The molecule has 1 aliphatic carbocycles. The minimum atomic E-state index is -0.0498. The average Bonchev–Trinajstić information content (AvgIpc) is 2.39. The summed E-state index contributed by atoms with van der Waals surface area (Å²) in [4.78, 5) is 12.3. The van der Waals surface area contributed by atoms with Crippen LogP contribution in [-0.4, -0.2) is 19.1 Å². The van der Waals surface area contributed by atoms with Gasteiger partial charge in [0.15, 0.2) is 0 Å². The first-order chi connectivity index (χ1) is 8.72. The molecule has 1 fully saturated rings. The van der Waals surface area contributed by atoms with Crippen molar-refractivity contribution < 1.29 is 9.53 Å². The number of rotatable bonds is 3. The molecule has 4 heteroatoms. The van der Waals surface area contributed by atoms with Crippen LogP contribution in [0, 0.1) is 0 Å². The summed E-state index contributed by atoms with van der Waals surface area (Å²) in [5.74, 6) is 0.559. The van der Waals surface area contributed by atoms with Crippen LogP contribution in [0.4, 0.5) is 0 Å². The molecule has 1 amide bonds. The molecule has 1 aliphatic rings. The lowest BCUT2D eigenvalue weighted by atomic mass is 9.95. The fourth-order valence-electron chi connectivity index (χ4n) is 2.40. The minimum absolute atomic E-state index is 0.0498. The van der Waals surface area contributed by atoms with Gasteiger partial charge in [0.25, 0.3) is 5.91 Å². The Hall–Kier alpha value is -1.03. The first kappa shape index (κ1) is 13.4. The van der Waals surface area contributed by atoms with Crippen molar-refractivity contribution in [1.82, 2.24) is 5.32 Å². The van der Waals surface area contributed by atoms with Crippen molar-refractivity contribution in [2.45, 2.75) is 38.1 Å². The van der Waals surface area contributed by atoms with Crippen LogP contribution in [0.15, 0.2) is 22.7 Å². The molecule has 1 N–H and O–H groups in total. The van der Waals surface area contributed by atoms with Gasteiger partial charge in [-0.2, -0.15) is 0 Å². The lowest BCUT2D eigenvalue weighted by Gasteiger charge is -2.23. The van der Waals surface area contributed by atoms with Crippen molar-refractivity contribution >= 4 is 21.8 Å². The van der Waals surface area contributed by atoms with E-state index in [4.69, 9.17) is 4.74 Å². The summed E-state index contributed by atoms with van der Waals surface area (Å²) >= 11 is 3.41. The fraction of sp³-hybridized carbons (Fsp3) is 0.500. The molecule has 1 aromatic rings. The summed E-state index contributed by atoms with van der Waals surface area (Å²) in [6, 6.07) is 5.84. The number of hydrogen-bond acceptors (Lipinski definition) is 2. The maximum Gasteiger partial charge on any atom is 0.256 e. The maximum absolute atomic E-state index is 12.3. The molecule has 2 rings (SSSR count). The molecule has 0 radical (unpaired) electrons. The Labute approximate surface area is 116 Å². The molecular weight excluding hydrogens is 294 g/mol. The lowest BCUT2D eigenvalue weighted by molar-refractivity contribution is 0.0924. The molecule has 0 unspecified atom stereocenters. The Morgan fingerprint density at radius 2 is 2.06 bits per heavy atom. The molecule has 0 spiro atoms. The van der Waals surface area contributed by atoms with Crippen molar-refractivity contribution in [1.29, 1.82) is 0 Å². The van der Waals surface area contributed by atoms with Crippen molar-refractivity contribution in [2.24, 2.45) is 0 Å². The van der Waals surface area contributed by atoms with E-state index >= 15 is 0 Å². The second kappa shape index (κ2) is 6.23. The van der Waals surface area contributed by atoms with Crippen LogP contribution in [0.3, 0.4) is 0 Å². The summed E-state index contributed by atoms with van der Waals surface area (Å²) in [5, 5.41) is 3.10. The van der Waals surface area contributed by atoms with Crippen molar-refractivity contribution in [3.8, 4) is 5.75 Å². The summed E-state index contributed by atoms with van der Waals surface area (Å²) < 4.78 is 6.02. The van der Waals surface area contributed by atoms with Gasteiger partial charge in [0.1, 0.15) is 5.75 Å². The van der Waals surface area contributed by atoms with E-state index in [2.05, 4.69) is 21.2 Å². The Morgan fingerprint density at radius 1 is 1.33 bits per heavy atom. The fourth-order valence-corrected chi connectivity index (χ4v) is 2.93. The van der Waals surface area contributed by atoms with Crippen LogP contribution in [0.25, 0.3) is 0 Å². The maximum atomic E-state index is 12.3. The number of hydrogen-bond donors (Lipinski definition) is 1. The lowest BCUT2D eigenvalue weighted by Crippen LogP contribution is -2.36. The molecule has 1 saturated carbocycles. The predicted octanol–water partition coefficient (Wildman–Crippen LogP) is 3.52. The van der Waals surface area contributed by atoms with E-state index in [0.717, 1.165) is 17.3 Å². The third-order valence-electron chi connectivity index (χ3n) is 3.36. The van der Waals surface area contributed by atoms with Crippen molar-refractivity contribution in [2.75, 3.05) is 7.11 Å². The normalized spacial score (nSPS) is 16.3. The zero-order valence-corrected chi connectivity index (χ0v) is 12.1. The largest absolute Gasteiger partial charge is 0.496 e. The Balaban J connectivity index is 2.12. The molecule has 0 heterocycles. The molecule has 18 heavy (non-hydrogen) atoms. The van der Waals surface area contributed by atoms with Crippen LogP contribution in [0.2, 0.25) is 0 Å². The highest BCUT2D eigenvalue weighted by molar-refractivity contribution is 9.10. The number of carbonyl (C=O) groups is 1. The third-order valence-corrected chi connectivity index (χ3v) is 4.02. The van der Waals surface area contributed by atoms with Gasteiger partial charge in [-0.05, 0) is 40.9 Å². The first-order valence-corrected chi connectivity index (χ1v) is 7.15. The van der Waals surface area contributed by atoms with E-state index in [0.29, 0.717) is 17.4 Å². The highest BCUT2D eigenvalue weighted by Gasteiger charge is 2.20.